The van der Waals surface area contributed by atoms with Gasteiger partial charge in [-0.1, -0.05) is 6.92 Å². The summed E-state index contributed by atoms with van der Waals surface area (Å²) in [5.41, 5.74) is 7.61. The van der Waals surface area contributed by atoms with Gasteiger partial charge in [0.2, 0.25) is 5.88 Å². The standard InChI is InChI=1S/C22H25N5O3.C4H8S/c1-11-19-13(21(28)30-22(11,3)4)6-7-17(27-19)26-18-8-14-15(12(2)23)9-25-20(29-5)16(14)10-24-18;1-2-4-5-3-1/h6-12H,23H2,1-5H3,(H,24,26,27);1-4H2. The molecule has 1 fully saturated rings. The molecule has 2 aliphatic heterocycles. The van der Waals surface area contributed by atoms with Gasteiger partial charge in [-0.3, -0.25) is 0 Å². The third-order valence-electron chi connectivity index (χ3n) is 6.49. The smallest absolute Gasteiger partial charge is 0.340 e. The molecule has 5 rings (SSSR count). The van der Waals surface area contributed by atoms with Gasteiger partial charge in [0.1, 0.15) is 17.2 Å². The van der Waals surface area contributed by atoms with Gasteiger partial charge in [-0.15, -0.1) is 0 Å². The lowest BCUT2D eigenvalue weighted by Crippen LogP contribution is -2.39. The number of nitrogens with zero attached hydrogens (tertiary/aromatic N) is 3. The quantitative estimate of drug-likeness (QED) is 0.462. The number of aromatic nitrogens is 3. The molecule has 0 saturated carbocycles. The number of nitrogens with two attached hydrogens (primary N) is 1. The van der Waals surface area contributed by atoms with E-state index in [0.717, 1.165) is 16.3 Å². The van der Waals surface area contributed by atoms with Gasteiger partial charge in [0.25, 0.3) is 0 Å². The van der Waals surface area contributed by atoms with Crippen LogP contribution in [0, 0.1) is 0 Å². The number of methoxy groups -OCH3 is 1. The Kier molecular flexibility index (Phi) is 7.47. The molecule has 9 heteroatoms. The van der Waals surface area contributed by atoms with E-state index in [1.165, 1.54) is 24.3 Å². The summed E-state index contributed by atoms with van der Waals surface area (Å²) in [6.07, 6.45) is 6.36. The fourth-order valence-electron chi connectivity index (χ4n) is 4.13. The second-order valence-corrected chi connectivity index (χ2v) is 10.6. The molecule has 2 atom stereocenters. The van der Waals surface area contributed by atoms with E-state index in [-0.39, 0.29) is 17.9 Å². The highest BCUT2D eigenvalue weighted by molar-refractivity contribution is 7.99. The molecule has 0 amide bonds. The first-order valence-corrected chi connectivity index (χ1v) is 13.0. The maximum absolute atomic E-state index is 12.3. The first-order valence-electron chi connectivity index (χ1n) is 11.9. The zero-order valence-electron chi connectivity index (χ0n) is 20.9. The van der Waals surface area contributed by atoms with Crippen molar-refractivity contribution in [3.63, 3.8) is 0 Å². The Morgan fingerprint density at radius 2 is 1.91 bits per heavy atom. The second kappa shape index (κ2) is 10.4. The minimum atomic E-state index is -0.618. The molecular weight excluding hydrogens is 462 g/mol. The molecule has 35 heavy (non-hydrogen) atoms. The van der Waals surface area contributed by atoms with E-state index in [1.807, 2.05) is 33.8 Å². The number of hydrogen-bond donors (Lipinski definition) is 2. The molecule has 3 aromatic heterocycles. The number of nitrogens with one attached hydrogen (secondary N) is 1. The van der Waals surface area contributed by atoms with Crippen molar-refractivity contribution in [3.05, 3.63) is 47.4 Å². The van der Waals surface area contributed by atoms with Crippen LogP contribution in [0.1, 0.15) is 74.1 Å². The topological polar surface area (TPSA) is 112 Å². The van der Waals surface area contributed by atoms with Gasteiger partial charge in [-0.25, -0.2) is 19.7 Å². The second-order valence-electron chi connectivity index (χ2n) is 9.42. The minimum Gasteiger partial charge on any atom is -0.481 e. The Labute approximate surface area is 210 Å². The van der Waals surface area contributed by atoms with Crippen LogP contribution < -0.4 is 15.8 Å². The van der Waals surface area contributed by atoms with Crippen LogP contribution in [0.4, 0.5) is 11.6 Å². The monoisotopic (exact) mass is 495 g/mol. The average Bonchev–Trinajstić information content (AvgIpc) is 3.42. The molecule has 2 aliphatic rings. The van der Waals surface area contributed by atoms with Gasteiger partial charge in [0.15, 0.2) is 0 Å². The predicted molar refractivity (Wildman–Crippen MR) is 141 cm³/mol. The summed E-state index contributed by atoms with van der Waals surface area (Å²) < 4.78 is 10.9. The SMILES string of the molecule is C1CCSC1.COc1ncc(C(C)N)c2cc(Nc3ccc4c(n3)C(C)C(C)(C)OC4=O)ncc12. The van der Waals surface area contributed by atoms with Crippen LogP contribution in [0.3, 0.4) is 0 Å². The van der Waals surface area contributed by atoms with Gasteiger partial charge in [0, 0.05) is 24.4 Å². The van der Waals surface area contributed by atoms with Crippen LogP contribution in [-0.2, 0) is 4.74 Å². The van der Waals surface area contributed by atoms with Crippen LogP contribution in [0.2, 0.25) is 0 Å². The number of esters is 1. The number of cyclic esters (lactones) is 1. The number of thioether (sulfide) groups is 1. The van der Waals surface area contributed by atoms with Crippen LogP contribution in [-0.4, -0.2) is 45.1 Å². The van der Waals surface area contributed by atoms with Crippen molar-refractivity contribution in [2.24, 2.45) is 5.73 Å². The highest BCUT2D eigenvalue weighted by Gasteiger charge is 2.40. The Bertz CT molecular complexity index is 1220. The number of carbonyl (C=O) groups excluding carboxylic acids is 1. The van der Waals surface area contributed by atoms with E-state index >= 15 is 0 Å². The first kappa shape index (κ1) is 25.2. The third kappa shape index (κ3) is 5.36. The molecule has 0 spiro atoms. The van der Waals surface area contributed by atoms with Crippen molar-refractivity contribution in [1.29, 1.82) is 0 Å². The van der Waals surface area contributed by atoms with Gasteiger partial charge in [-0.05, 0) is 74.3 Å². The highest BCUT2D eigenvalue weighted by Crippen LogP contribution is 2.38. The van der Waals surface area contributed by atoms with E-state index in [1.54, 1.807) is 31.6 Å². The van der Waals surface area contributed by atoms with Crippen molar-refractivity contribution in [2.45, 2.75) is 58.1 Å². The summed E-state index contributed by atoms with van der Waals surface area (Å²) in [6, 6.07) is 5.19. The molecule has 0 radical (unpaired) electrons. The molecule has 0 aromatic carbocycles. The van der Waals surface area contributed by atoms with Crippen LogP contribution in [0.25, 0.3) is 10.8 Å². The summed E-state index contributed by atoms with van der Waals surface area (Å²) in [5, 5.41) is 4.93. The van der Waals surface area contributed by atoms with Crippen molar-refractivity contribution in [3.8, 4) is 5.88 Å². The number of rotatable bonds is 4. The van der Waals surface area contributed by atoms with Crippen LogP contribution in [0.15, 0.2) is 30.6 Å². The Balaban J connectivity index is 0.000000514. The fraction of sp³-hybridized carbons (Fsp3) is 0.462. The molecule has 186 valence electrons. The van der Waals surface area contributed by atoms with Crippen molar-refractivity contribution in [1.82, 2.24) is 15.0 Å². The minimum absolute atomic E-state index is 0.0449. The number of hydrogen-bond acceptors (Lipinski definition) is 9. The zero-order chi connectivity index (χ0) is 25.2. The highest BCUT2D eigenvalue weighted by atomic mass is 32.2. The Morgan fingerprint density at radius 1 is 1.17 bits per heavy atom. The van der Waals surface area contributed by atoms with Crippen LogP contribution >= 0.6 is 11.8 Å². The number of pyridine rings is 3. The summed E-state index contributed by atoms with van der Waals surface area (Å²) >= 11 is 2.07. The molecule has 8 nitrogen and oxygen atoms in total. The maximum Gasteiger partial charge on any atom is 0.340 e. The third-order valence-corrected chi connectivity index (χ3v) is 7.64. The van der Waals surface area contributed by atoms with E-state index in [9.17, 15) is 4.79 Å². The number of carbonyl (C=O) groups is 1. The summed E-state index contributed by atoms with van der Waals surface area (Å²) in [4.78, 5) is 25.8. The van der Waals surface area contributed by atoms with E-state index in [2.05, 4.69) is 27.0 Å². The first-order chi connectivity index (χ1) is 16.7. The molecule has 0 bridgehead atoms. The number of ether oxygens (including phenoxy) is 2. The largest absolute Gasteiger partial charge is 0.481 e. The lowest BCUT2D eigenvalue weighted by Gasteiger charge is -2.36. The number of fused-ring (bicyclic) bond motifs is 2. The lowest BCUT2D eigenvalue weighted by molar-refractivity contribution is -0.0189. The maximum atomic E-state index is 12.3. The normalized spacial score (nSPS) is 19.3. The van der Waals surface area contributed by atoms with Gasteiger partial charge in [-0.2, -0.15) is 11.8 Å². The van der Waals surface area contributed by atoms with Crippen molar-refractivity contribution >= 4 is 40.1 Å². The zero-order valence-corrected chi connectivity index (χ0v) is 21.7. The Morgan fingerprint density at radius 3 is 2.54 bits per heavy atom. The van der Waals surface area contributed by atoms with E-state index in [0.29, 0.717) is 28.8 Å². The number of anilines is 2. The molecular formula is C26H33N5O3S. The van der Waals surface area contributed by atoms with Crippen molar-refractivity contribution in [2.75, 3.05) is 23.9 Å². The van der Waals surface area contributed by atoms with Gasteiger partial charge >= 0.3 is 5.97 Å². The molecule has 2 unspecified atom stereocenters. The lowest BCUT2D eigenvalue weighted by atomic mass is 9.84. The molecule has 3 N–H and O–H groups in total. The van der Waals surface area contributed by atoms with Gasteiger partial charge in [0.05, 0.1) is 23.8 Å². The molecule has 1 saturated heterocycles. The summed E-state index contributed by atoms with van der Waals surface area (Å²) in [5.74, 6) is 4.14. The molecule has 5 heterocycles. The van der Waals surface area contributed by atoms with Gasteiger partial charge < -0.3 is 20.5 Å². The van der Waals surface area contributed by atoms with E-state index < -0.39 is 5.60 Å². The van der Waals surface area contributed by atoms with E-state index in [4.69, 9.17) is 20.2 Å². The average molecular weight is 496 g/mol. The molecule has 0 aliphatic carbocycles. The summed E-state index contributed by atoms with van der Waals surface area (Å²) in [6.45, 7) is 7.69. The Hall–Kier alpha value is -2.91. The van der Waals surface area contributed by atoms with Crippen LogP contribution in [0.5, 0.6) is 5.88 Å². The molecule has 3 aromatic rings. The summed E-state index contributed by atoms with van der Waals surface area (Å²) in [7, 11) is 1.57. The fourth-order valence-corrected chi connectivity index (χ4v) is 5.15. The van der Waals surface area contributed by atoms with Crippen molar-refractivity contribution < 1.29 is 14.3 Å². The predicted octanol–water partition coefficient (Wildman–Crippen LogP) is 5.36.